The Morgan fingerprint density at radius 1 is 1.17 bits per heavy atom. The van der Waals surface area contributed by atoms with E-state index in [-0.39, 0.29) is 24.4 Å². The summed E-state index contributed by atoms with van der Waals surface area (Å²) in [6.07, 6.45) is 3.45. The van der Waals surface area contributed by atoms with Gasteiger partial charge in [0.2, 0.25) is 11.8 Å². The van der Waals surface area contributed by atoms with Crippen LogP contribution in [0.2, 0.25) is 0 Å². The largest absolute Gasteiger partial charge is 0.497 e. The Morgan fingerprint density at radius 2 is 1.88 bits per heavy atom. The molecule has 1 unspecified atom stereocenters. The van der Waals surface area contributed by atoms with Crippen molar-refractivity contribution < 1.29 is 38.5 Å². The summed E-state index contributed by atoms with van der Waals surface area (Å²) in [6.45, 7) is 8.78. The number of nitrogens with one attached hydrogen (secondary N) is 1. The molecule has 3 aliphatic rings. The molecule has 3 amide bonds. The molecule has 1 spiro atoms. The average Bonchev–Trinajstić information content (AvgIpc) is 3.70. The number of amides is 3. The van der Waals surface area contributed by atoms with Crippen LogP contribution in [0, 0.1) is 11.8 Å². The predicted octanol–water partition coefficient (Wildman–Crippen LogP) is 3.71. The van der Waals surface area contributed by atoms with Gasteiger partial charge in [-0.1, -0.05) is 58.4 Å². The number of likely N-dealkylation sites (tertiary alicyclic amines) is 1. The van der Waals surface area contributed by atoms with Crippen molar-refractivity contribution in [1.29, 1.82) is 0 Å². The van der Waals surface area contributed by atoms with Gasteiger partial charge in [0.25, 0.3) is 5.91 Å². The second-order valence-corrected chi connectivity index (χ2v) is 13.5. The van der Waals surface area contributed by atoms with Gasteiger partial charge in [0.1, 0.15) is 24.0 Å². The number of halogens is 1. The number of hydrogen-bond donors (Lipinski definition) is 2. The van der Waals surface area contributed by atoms with E-state index in [2.05, 4.69) is 34.4 Å². The summed E-state index contributed by atoms with van der Waals surface area (Å²) < 4.78 is 17.5. The second kappa shape index (κ2) is 15.0. The number of nitrogens with zero attached hydrogens (tertiary/aromatic N) is 2. The number of rotatable bonds is 15. The monoisotopic (exact) mass is 723 g/mol. The first-order valence-corrected chi connectivity index (χ1v) is 17.0. The lowest BCUT2D eigenvalue weighted by Crippen LogP contribution is -2.59. The molecule has 0 aliphatic carbocycles. The quantitative estimate of drug-likeness (QED) is 0.161. The van der Waals surface area contributed by atoms with Crippen LogP contribution in [-0.2, 0) is 28.7 Å². The first kappa shape index (κ1) is 35.3. The summed E-state index contributed by atoms with van der Waals surface area (Å²) in [6, 6.07) is 13.5. The summed E-state index contributed by atoms with van der Waals surface area (Å²) in [5.74, 6) is -3.06. The van der Waals surface area contributed by atoms with Crippen LogP contribution in [0.25, 0.3) is 0 Å². The zero-order chi connectivity index (χ0) is 34.6. The number of carbonyl (C=O) groups excluding carboxylic acids is 4. The van der Waals surface area contributed by atoms with Gasteiger partial charge in [0, 0.05) is 23.5 Å². The number of alkyl halides is 1. The molecule has 2 bridgehead atoms. The highest BCUT2D eigenvalue weighted by atomic mass is 79.9. The van der Waals surface area contributed by atoms with E-state index in [1.165, 1.54) is 9.80 Å². The van der Waals surface area contributed by atoms with Gasteiger partial charge in [-0.25, -0.2) is 0 Å². The number of aliphatic hydroxyl groups is 1. The summed E-state index contributed by atoms with van der Waals surface area (Å²) in [5, 5.41) is 13.3. The first-order valence-electron chi connectivity index (χ1n) is 16.0. The Balaban J connectivity index is 1.48. The molecule has 3 heterocycles. The molecule has 2 N–H and O–H groups in total. The molecule has 3 saturated heterocycles. The standard InChI is InChI=1S/C36H42BrN3O8/c1-5-7-13-28(42)47-21-27(23-11-9-8-10-12-23)38-33(43)29-30-34(44)40(22(3)20-41)32(36(30)19-26(37)31(29)48-36)35(45)39(18-6-2)24-14-16-25(46-4)17-15-24/h5-6,8-12,14-17,22,26-27,29-32,41H,1-2,7,13,18-21H2,3-4H3,(H,38,43)/t22-,26?,27-,29+,30-,31+,32+,36-/m1/s1. The minimum Gasteiger partial charge on any atom is -0.497 e. The molecule has 48 heavy (non-hydrogen) atoms. The molecule has 0 radical (unpaired) electrons. The van der Waals surface area contributed by atoms with Crippen molar-refractivity contribution in [3.8, 4) is 5.75 Å². The van der Waals surface area contributed by atoms with Crippen molar-refractivity contribution in [1.82, 2.24) is 10.2 Å². The van der Waals surface area contributed by atoms with E-state index < -0.39 is 72.0 Å². The van der Waals surface area contributed by atoms with Crippen molar-refractivity contribution in [2.45, 2.75) is 60.8 Å². The number of esters is 1. The van der Waals surface area contributed by atoms with Crippen molar-refractivity contribution in [2.75, 3.05) is 31.8 Å². The normalized spacial score (nSPS) is 26.7. The topological polar surface area (TPSA) is 135 Å². The van der Waals surface area contributed by atoms with Gasteiger partial charge in [0.15, 0.2) is 0 Å². The fourth-order valence-electron chi connectivity index (χ4n) is 7.21. The lowest BCUT2D eigenvalue weighted by Gasteiger charge is -2.38. The molecule has 2 aromatic carbocycles. The van der Waals surface area contributed by atoms with E-state index in [1.54, 1.807) is 50.5 Å². The predicted molar refractivity (Wildman–Crippen MR) is 182 cm³/mol. The Hall–Kier alpha value is -4.00. The number of anilines is 1. The first-order chi connectivity index (χ1) is 23.1. The number of methoxy groups -OCH3 is 1. The maximum absolute atomic E-state index is 14.7. The van der Waals surface area contributed by atoms with Crippen molar-refractivity contribution in [3.05, 3.63) is 85.5 Å². The Bertz CT molecular complexity index is 1520. The maximum atomic E-state index is 14.7. The van der Waals surface area contributed by atoms with E-state index in [0.717, 1.165) is 5.56 Å². The molecule has 12 heteroatoms. The fourth-order valence-corrected chi connectivity index (χ4v) is 8.16. The summed E-state index contributed by atoms with van der Waals surface area (Å²) in [5.41, 5.74) is -0.0587. The highest BCUT2D eigenvalue weighted by Crippen LogP contribution is 2.60. The lowest BCUT2D eigenvalue weighted by atomic mass is 9.70. The number of fused-ring (bicyclic) bond motifs is 1. The minimum atomic E-state index is -1.34. The van der Waals surface area contributed by atoms with E-state index in [0.29, 0.717) is 24.3 Å². The van der Waals surface area contributed by atoms with Crippen LogP contribution < -0.4 is 15.0 Å². The number of aliphatic hydroxyl groups excluding tert-OH is 1. The van der Waals surface area contributed by atoms with E-state index in [1.807, 2.05) is 30.3 Å². The zero-order valence-electron chi connectivity index (χ0n) is 27.1. The molecule has 256 valence electrons. The van der Waals surface area contributed by atoms with Crippen molar-refractivity contribution in [3.63, 3.8) is 0 Å². The van der Waals surface area contributed by atoms with Gasteiger partial charge in [-0.2, -0.15) is 0 Å². The molecule has 2 aromatic rings. The molecular weight excluding hydrogens is 682 g/mol. The molecule has 5 rings (SSSR count). The Morgan fingerprint density at radius 3 is 2.50 bits per heavy atom. The van der Waals surface area contributed by atoms with Crippen LogP contribution in [0.3, 0.4) is 0 Å². The van der Waals surface area contributed by atoms with Gasteiger partial charge in [0.05, 0.1) is 43.7 Å². The molecule has 11 nitrogen and oxygen atoms in total. The van der Waals surface area contributed by atoms with Crippen LogP contribution in [0.5, 0.6) is 5.75 Å². The lowest BCUT2D eigenvalue weighted by molar-refractivity contribution is -0.146. The molecule has 0 saturated carbocycles. The number of benzene rings is 2. The van der Waals surface area contributed by atoms with Crippen molar-refractivity contribution in [2.24, 2.45) is 11.8 Å². The van der Waals surface area contributed by atoms with Gasteiger partial charge in [-0.15, -0.1) is 13.2 Å². The van der Waals surface area contributed by atoms with Gasteiger partial charge >= 0.3 is 5.97 Å². The highest BCUT2D eigenvalue weighted by Gasteiger charge is 2.77. The Kier molecular flexibility index (Phi) is 11.1. The molecule has 0 aromatic heterocycles. The number of allylic oxidation sites excluding steroid dienone is 1. The second-order valence-electron chi connectivity index (χ2n) is 12.4. The zero-order valence-corrected chi connectivity index (χ0v) is 28.7. The van der Waals surface area contributed by atoms with Gasteiger partial charge < -0.3 is 34.4 Å². The van der Waals surface area contributed by atoms with E-state index >= 15 is 0 Å². The molecule has 3 aliphatic heterocycles. The van der Waals surface area contributed by atoms with Gasteiger partial charge in [-0.3, -0.25) is 19.2 Å². The van der Waals surface area contributed by atoms with Crippen LogP contribution >= 0.6 is 15.9 Å². The Labute approximate surface area is 289 Å². The maximum Gasteiger partial charge on any atom is 0.306 e. The third kappa shape index (κ3) is 6.53. The van der Waals surface area contributed by atoms with Crippen LogP contribution in [0.4, 0.5) is 5.69 Å². The van der Waals surface area contributed by atoms with E-state index in [4.69, 9.17) is 14.2 Å². The third-order valence-corrected chi connectivity index (χ3v) is 10.3. The summed E-state index contributed by atoms with van der Waals surface area (Å²) in [4.78, 5) is 58.4. The number of ether oxygens (including phenoxy) is 3. The van der Waals surface area contributed by atoms with Gasteiger partial charge in [-0.05, 0) is 49.6 Å². The summed E-state index contributed by atoms with van der Waals surface area (Å²) in [7, 11) is 1.55. The molecule has 8 atom stereocenters. The summed E-state index contributed by atoms with van der Waals surface area (Å²) >= 11 is 3.70. The van der Waals surface area contributed by atoms with Crippen LogP contribution in [-0.4, -0.2) is 89.2 Å². The van der Waals surface area contributed by atoms with Crippen molar-refractivity contribution >= 4 is 45.3 Å². The fraction of sp³-hybridized carbons (Fsp3) is 0.444. The third-order valence-electron chi connectivity index (χ3n) is 9.45. The molecule has 3 fully saturated rings. The molecular formula is C36H42BrN3O8. The van der Waals surface area contributed by atoms with Crippen LogP contribution in [0.15, 0.2) is 79.9 Å². The van der Waals surface area contributed by atoms with E-state index in [9.17, 15) is 24.3 Å². The SMILES string of the molecule is C=CCCC(=O)OC[C@@H](NC(=O)[C@@H]1[C@H]2O[C@@]3(CC2Br)[C@H](C(=O)N(CC=C)c2ccc(OC)cc2)N([C@H](C)CO)C(=O)[C@@H]13)c1ccccc1. The number of carbonyl (C=O) groups is 4. The van der Waals surface area contributed by atoms with Crippen LogP contribution in [0.1, 0.15) is 37.8 Å². The smallest absolute Gasteiger partial charge is 0.306 e. The minimum absolute atomic E-state index is 0.112. The number of hydrogen-bond acceptors (Lipinski definition) is 8. The average molecular weight is 725 g/mol. The highest BCUT2D eigenvalue weighted by molar-refractivity contribution is 9.09.